The maximum absolute atomic E-state index is 14.1. The average Bonchev–Trinajstić information content (AvgIpc) is 3.22. The molecule has 2 aromatic rings. The number of nitrogens with zero attached hydrogens (tertiary/aromatic N) is 5. The predicted molar refractivity (Wildman–Crippen MR) is 108 cm³/mol. The van der Waals surface area contributed by atoms with Crippen LogP contribution >= 0.6 is 11.6 Å². The Morgan fingerprint density at radius 3 is 2.43 bits per heavy atom. The number of carbonyl (C=O) groups excluding carboxylic acids is 1. The van der Waals surface area contributed by atoms with Gasteiger partial charge >= 0.3 is 0 Å². The fraction of sp³-hybridized carbons (Fsp3) is 0.450. The van der Waals surface area contributed by atoms with E-state index in [1.807, 2.05) is 13.0 Å². The molecule has 2 aliphatic heterocycles. The van der Waals surface area contributed by atoms with Gasteiger partial charge in [-0.25, -0.2) is 9.37 Å². The topological polar surface area (TPSA) is 52.6 Å². The summed E-state index contributed by atoms with van der Waals surface area (Å²) >= 11 is 6.05. The Kier molecular flexibility index (Phi) is 5.35. The van der Waals surface area contributed by atoms with Crippen molar-refractivity contribution >= 4 is 29.3 Å². The number of rotatable bonds is 3. The van der Waals surface area contributed by atoms with Crippen molar-refractivity contribution in [2.45, 2.75) is 19.8 Å². The van der Waals surface area contributed by atoms with Crippen LogP contribution in [0.3, 0.4) is 0 Å². The van der Waals surface area contributed by atoms with Gasteiger partial charge in [0.05, 0.1) is 10.6 Å². The number of benzene rings is 1. The number of halogens is 2. The first kappa shape index (κ1) is 18.9. The van der Waals surface area contributed by atoms with E-state index in [0.29, 0.717) is 26.2 Å². The third kappa shape index (κ3) is 3.76. The van der Waals surface area contributed by atoms with Crippen LogP contribution in [-0.4, -0.2) is 60.0 Å². The second kappa shape index (κ2) is 7.91. The minimum absolute atomic E-state index is 0.0492. The normalized spacial score (nSPS) is 17.3. The molecular weight excluding hydrogens is 381 g/mol. The monoisotopic (exact) mass is 403 g/mol. The van der Waals surface area contributed by atoms with Gasteiger partial charge in [-0.15, -0.1) is 0 Å². The second-order valence-electron chi connectivity index (χ2n) is 7.24. The first-order valence-electron chi connectivity index (χ1n) is 9.62. The molecule has 28 heavy (non-hydrogen) atoms. The molecule has 148 valence electrons. The Bertz CT molecular complexity index is 859. The Labute approximate surface area is 168 Å². The number of anilines is 2. The van der Waals surface area contributed by atoms with Gasteiger partial charge in [-0.2, -0.15) is 4.98 Å². The van der Waals surface area contributed by atoms with Gasteiger partial charge in [-0.1, -0.05) is 17.7 Å². The fourth-order valence-electron chi connectivity index (χ4n) is 3.76. The molecule has 1 aromatic carbocycles. The van der Waals surface area contributed by atoms with E-state index < -0.39 is 5.82 Å². The van der Waals surface area contributed by atoms with Crippen molar-refractivity contribution in [1.29, 1.82) is 0 Å². The molecule has 0 spiro atoms. The van der Waals surface area contributed by atoms with Crippen molar-refractivity contribution in [1.82, 2.24) is 14.9 Å². The molecule has 0 atom stereocenters. The van der Waals surface area contributed by atoms with Crippen molar-refractivity contribution in [2.75, 3.05) is 49.1 Å². The number of hydrogen-bond donors (Lipinski definition) is 0. The van der Waals surface area contributed by atoms with Crippen molar-refractivity contribution in [3.05, 3.63) is 46.4 Å². The molecule has 4 rings (SSSR count). The number of amides is 1. The summed E-state index contributed by atoms with van der Waals surface area (Å²) in [6, 6.07) is 6.28. The van der Waals surface area contributed by atoms with Gasteiger partial charge < -0.3 is 14.7 Å². The summed E-state index contributed by atoms with van der Waals surface area (Å²) in [4.78, 5) is 28.1. The number of piperazine rings is 1. The predicted octanol–water partition coefficient (Wildman–Crippen LogP) is 3.14. The van der Waals surface area contributed by atoms with Gasteiger partial charge in [0.2, 0.25) is 5.95 Å². The van der Waals surface area contributed by atoms with Crippen molar-refractivity contribution in [3.8, 4) is 0 Å². The number of aryl methyl sites for hydroxylation is 1. The van der Waals surface area contributed by atoms with E-state index in [4.69, 9.17) is 16.6 Å². The molecule has 0 N–H and O–H groups in total. The third-order valence-corrected chi connectivity index (χ3v) is 5.60. The summed E-state index contributed by atoms with van der Waals surface area (Å²) in [5, 5.41) is 0.147. The van der Waals surface area contributed by atoms with Gasteiger partial charge in [0.25, 0.3) is 5.91 Å². The Morgan fingerprint density at radius 1 is 1.04 bits per heavy atom. The van der Waals surface area contributed by atoms with Crippen LogP contribution in [0.2, 0.25) is 5.02 Å². The highest BCUT2D eigenvalue weighted by molar-refractivity contribution is 6.33. The average molecular weight is 404 g/mol. The highest BCUT2D eigenvalue weighted by Gasteiger charge is 2.27. The van der Waals surface area contributed by atoms with Crippen molar-refractivity contribution < 1.29 is 9.18 Å². The van der Waals surface area contributed by atoms with Gasteiger partial charge in [0.15, 0.2) is 0 Å². The number of hydrogen-bond acceptors (Lipinski definition) is 5. The molecule has 3 heterocycles. The van der Waals surface area contributed by atoms with Gasteiger partial charge in [-0.05, 0) is 31.9 Å². The SMILES string of the molecule is Cc1cc(N2CCN(C(=O)c3c(F)cccc3Cl)CC2)nc(N2CCCC2)n1. The first-order chi connectivity index (χ1) is 13.5. The van der Waals surface area contributed by atoms with E-state index in [9.17, 15) is 9.18 Å². The fourth-order valence-corrected chi connectivity index (χ4v) is 4.00. The Balaban J connectivity index is 1.46. The van der Waals surface area contributed by atoms with Crippen molar-refractivity contribution in [2.24, 2.45) is 0 Å². The van der Waals surface area contributed by atoms with E-state index in [2.05, 4.69) is 14.8 Å². The van der Waals surface area contributed by atoms with E-state index >= 15 is 0 Å². The molecule has 0 radical (unpaired) electrons. The number of aromatic nitrogens is 2. The quantitative estimate of drug-likeness (QED) is 0.788. The molecule has 0 aliphatic carbocycles. The van der Waals surface area contributed by atoms with E-state index in [1.165, 1.54) is 31.0 Å². The van der Waals surface area contributed by atoms with Crippen LogP contribution in [0.4, 0.5) is 16.2 Å². The zero-order chi connectivity index (χ0) is 19.7. The van der Waals surface area contributed by atoms with Crippen LogP contribution in [0.25, 0.3) is 0 Å². The first-order valence-corrected chi connectivity index (χ1v) is 9.99. The van der Waals surface area contributed by atoms with Gasteiger partial charge in [0.1, 0.15) is 11.6 Å². The molecule has 1 aromatic heterocycles. The van der Waals surface area contributed by atoms with E-state index in [-0.39, 0.29) is 16.5 Å². The molecule has 1 amide bonds. The van der Waals surface area contributed by atoms with Crippen LogP contribution in [-0.2, 0) is 0 Å². The largest absolute Gasteiger partial charge is 0.353 e. The van der Waals surface area contributed by atoms with E-state index in [1.54, 1.807) is 4.90 Å². The molecule has 0 unspecified atom stereocenters. The van der Waals surface area contributed by atoms with E-state index in [0.717, 1.165) is 30.5 Å². The maximum Gasteiger partial charge on any atom is 0.258 e. The molecule has 0 saturated carbocycles. The Morgan fingerprint density at radius 2 is 1.75 bits per heavy atom. The zero-order valence-corrected chi connectivity index (χ0v) is 16.6. The highest BCUT2D eigenvalue weighted by Crippen LogP contribution is 2.24. The molecule has 0 bridgehead atoms. The van der Waals surface area contributed by atoms with Crippen LogP contribution in [0, 0.1) is 12.7 Å². The second-order valence-corrected chi connectivity index (χ2v) is 7.64. The molecule has 6 nitrogen and oxygen atoms in total. The zero-order valence-electron chi connectivity index (χ0n) is 15.9. The van der Waals surface area contributed by atoms with Crippen LogP contribution in [0.15, 0.2) is 24.3 Å². The lowest BCUT2D eigenvalue weighted by Gasteiger charge is -2.36. The van der Waals surface area contributed by atoms with Crippen LogP contribution in [0.1, 0.15) is 28.9 Å². The summed E-state index contributed by atoms with van der Waals surface area (Å²) in [6.07, 6.45) is 2.35. The number of carbonyl (C=O) groups is 1. The summed E-state index contributed by atoms with van der Waals surface area (Å²) in [6.45, 7) is 6.21. The standard InChI is InChI=1S/C20H23ClFN5O/c1-14-13-17(24-20(23-14)27-7-2-3-8-27)25-9-11-26(12-10-25)19(28)18-15(21)5-4-6-16(18)22/h4-6,13H,2-3,7-12H2,1H3. The smallest absolute Gasteiger partial charge is 0.258 e. The third-order valence-electron chi connectivity index (χ3n) is 5.29. The van der Waals surface area contributed by atoms with Crippen molar-refractivity contribution in [3.63, 3.8) is 0 Å². The molecule has 8 heteroatoms. The minimum Gasteiger partial charge on any atom is -0.353 e. The Hall–Kier alpha value is -2.41. The van der Waals surface area contributed by atoms with Gasteiger partial charge in [-0.3, -0.25) is 4.79 Å². The highest BCUT2D eigenvalue weighted by atomic mass is 35.5. The van der Waals surface area contributed by atoms with Crippen LogP contribution < -0.4 is 9.80 Å². The lowest BCUT2D eigenvalue weighted by Crippen LogP contribution is -2.49. The maximum atomic E-state index is 14.1. The molecule has 2 fully saturated rings. The minimum atomic E-state index is -0.582. The van der Waals surface area contributed by atoms with Gasteiger partial charge in [0, 0.05) is 51.0 Å². The molecular formula is C20H23ClFN5O. The lowest BCUT2D eigenvalue weighted by atomic mass is 10.1. The summed E-state index contributed by atoms with van der Waals surface area (Å²) in [5.41, 5.74) is 0.885. The summed E-state index contributed by atoms with van der Waals surface area (Å²) in [5.74, 6) is 0.718. The van der Waals surface area contributed by atoms with Crippen LogP contribution in [0.5, 0.6) is 0 Å². The summed E-state index contributed by atoms with van der Waals surface area (Å²) in [7, 11) is 0. The summed E-state index contributed by atoms with van der Waals surface area (Å²) < 4.78 is 14.1. The molecule has 2 saturated heterocycles. The molecule has 2 aliphatic rings. The lowest BCUT2D eigenvalue weighted by molar-refractivity contribution is 0.0742.